The van der Waals surface area contributed by atoms with E-state index >= 15 is 0 Å². The lowest BCUT2D eigenvalue weighted by Gasteiger charge is -2.24. The van der Waals surface area contributed by atoms with Crippen LogP contribution in [0.3, 0.4) is 0 Å². The van der Waals surface area contributed by atoms with Crippen LogP contribution in [0.2, 0.25) is 0 Å². The van der Waals surface area contributed by atoms with Gasteiger partial charge in [0.05, 0.1) is 12.6 Å². The van der Waals surface area contributed by atoms with Crippen molar-refractivity contribution in [2.24, 2.45) is 0 Å². The van der Waals surface area contributed by atoms with Gasteiger partial charge in [-0.1, -0.05) is 48.5 Å². The van der Waals surface area contributed by atoms with E-state index in [0.29, 0.717) is 6.61 Å². The minimum Gasteiger partial charge on any atom is -0.380 e. The smallest absolute Gasteiger partial charge is 0.241 e. The molecule has 126 valence electrons. The third kappa shape index (κ3) is 4.02. The summed E-state index contributed by atoms with van der Waals surface area (Å²) >= 11 is 0. The molecule has 0 aromatic heterocycles. The van der Waals surface area contributed by atoms with Crippen molar-refractivity contribution < 1.29 is 9.53 Å². The number of carbonyl (C=O) groups excluding carboxylic acids is 1. The second-order valence-corrected chi connectivity index (χ2v) is 6.19. The Morgan fingerprint density at radius 1 is 1.17 bits per heavy atom. The van der Waals surface area contributed by atoms with E-state index < -0.39 is 0 Å². The SMILES string of the molecule is COCc1ccccc1NC(=O)[C@@H]1CCCN1Cc1ccccc1. The Kier molecular flexibility index (Phi) is 5.62. The number of nitrogens with one attached hydrogen (secondary N) is 1. The van der Waals surface area contributed by atoms with Crippen LogP contribution in [0.4, 0.5) is 5.69 Å². The molecule has 1 amide bonds. The molecule has 0 spiro atoms. The highest BCUT2D eigenvalue weighted by atomic mass is 16.5. The molecule has 1 atom stereocenters. The van der Waals surface area contributed by atoms with E-state index in [1.54, 1.807) is 7.11 Å². The normalized spacial score (nSPS) is 17.8. The van der Waals surface area contributed by atoms with Crippen molar-refractivity contribution in [3.63, 3.8) is 0 Å². The number of nitrogens with zero attached hydrogens (tertiary/aromatic N) is 1. The molecule has 0 aliphatic carbocycles. The molecule has 0 saturated carbocycles. The fraction of sp³-hybridized carbons (Fsp3) is 0.350. The number of para-hydroxylation sites is 1. The maximum Gasteiger partial charge on any atom is 0.241 e. The van der Waals surface area contributed by atoms with Gasteiger partial charge in [-0.15, -0.1) is 0 Å². The Balaban J connectivity index is 1.68. The minimum atomic E-state index is -0.0687. The largest absolute Gasteiger partial charge is 0.380 e. The maximum atomic E-state index is 12.8. The quantitative estimate of drug-likeness (QED) is 0.885. The molecule has 1 saturated heterocycles. The number of hydrogen-bond donors (Lipinski definition) is 1. The molecule has 0 bridgehead atoms. The van der Waals surface area contributed by atoms with Crippen molar-refractivity contribution >= 4 is 11.6 Å². The second kappa shape index (κ2) is 8.08. The van der Waals surface area contributed by atoms with E-state index in [2.05, 4.69) is 22.3 Å². The molecule has 0 unspecified atom stereocenters. The molecule has 1 aliphatic heterocycles. The number of methoxy groups -OCH3 is 1. The third-order valence-corrected chi connectivity index (χ3v) is 4.47. The van der Waals surface area contributed by atoms with Crippen LogP contribution in [-0.4, -0.2) is 30.5 Å². The molecule has 4 heteroatoms. The molecule has 2 aromatic carbocycles. The molecule has 1 aliphatic rings. The summed E-state index contributed by atoms with van der Waals surface area (Å²) in [7, 11) is 1.66. The lowest BCUT2D eigenvalue weighted by atomic mass is 10.1. The van der Waals surface area contributed by atoms with Crippen LogP contribution in [0.1, 0.15) is 24.0 Å². The summed E-state index contributed by atoms with van der Waals surface area (Å²) < 4.78 is 5.21. The van der Waals surface area contributed by atoms with Crippen molar-refractivity contribution in [3.05, 3.63) is 65.7 Å². The summed E-state index contributed by atoms with van der Waals surface area (Å²) in [6.07, 6.45) is 1.97. The van der Waals surface area contributed by atoms with Crippen LogP contribution in [-0.2, 0) is 22.7 Å². The van der Waals surface area contributed by atoms with Crippen molar-refractivity contribution in [1.29, 1.82) is 0 Å². The highest BCUT2D eigenvalue weighted by Gasteiger charge is 2.30. The molecule has 1 fully saturated rings. The van der Waals surface area contributed by atoms with Crippen molar-refractivity contribution in [2.45, 2.75) is 32.0 Å². The van der Waals surface area contributed by atoms with E-state index in [1.807, 2.05) is 42.5 Å². The van der Waals surface area contributed by atoms with Crippen LogP contribution >= 0.6 is 0 Å². The predicted molar refractivity (Wildman–Crippen MR) is 95.7 cm³/mol. The average Bonchev–Trinajstić information content (AvgIpc) is 3.06. The van der Waals surface area contributed by atoms with Crippen molar-refractivity contribution in [2.75, 3.05) is 19.0 Å². The van der Waals surface area contributed by atoms with Crippen molar-refractivity contribution in [3.8, 4) is 0 Å². The fourth-order valence-electron chi connectivity index (χ4n) is 3.27. The van der Waals surface area contributed by atoms with Crippen LogP contribution < -0.4 is 5.32 Å². The zero-order valence-electron chi connectivity index (χ0n) is 14.1. The molecular weight excluding hydrogens is 300 g/mol. The Morgan fingerprint density at radius 3 is 2.71 bits per heavy atom. The fourth-order valence-corrected chi connectivity index (χ4v) is 3.27. The predicted octanol–water partition coefficient (Wildman–Crippen LogP) is 3.44. The van der Waals surface area contributed by atoms with Crippen LogP contribution in [0.15, 0.2) is 54.6 Å². The summed E-state index contributed by atoms with van der Waals surface area (Å²) in [6, 6.07) is 18.1. The lowest BCUT2D eigenvalue weighted by molar-refractivity contribution is -0.120. The summed E-state index contributed by atoms with van der Waals surface area (Å²) in [5, 5.41) is 3.09. The summed E-state index contributed by atoms with van der Waals surface area (Å²) in [5.74, 6) is 0.0759. The van der Waals surface area contributed by atoms with Crippen molar-refractivity contribution in [1.82, 2.24) is 4.90 Å². The van der Waals surface area contributed by atoms with E-state index in [4.69, 9.17) is 4.74 Å². The summed E-state index contributed by atoms with van der Waals surface area (Å²) in [6.45, 7) is 2.28. The Morgan fingerprint density at radius 2 is 1.92 bits per heavy atom. The van der Waals surface area contributed by atoms with Gasteiger partial charge in [0.2, 0.25) is 5.91 Å². The van der Waals surface area contributed by atoms with E-state index in [0.717, 1.165) is 37.2 Å². The molecule has 1 heterocycles. The first-order valence-corrected chi connectivity index (χ1v) is 8.43. The number of carbonyl (C=O) groups is 1. The number of likely N-dealkylation sites (tertiary alicyclic amines) is 1. The number of benzene rings is 2. The summed E-state index contributed by atoms with van der Waals surface area (Å²) in [5.41, 5.74) is 3.09. The molecule has 24 heavy (non-hydrogen) atoms. The van der Waals surface area contributed by atoms with Gasteiger partial charge in [-0.3, -0.25) is 9.69 Å². The molecule has 3 rings (SSSR count). The highest BCUT2D eigenvalue weighted by molar-refractivity contribution is 5.95. The monoisotopic (exact) mass is 324 g/mol. The van der Waals surface area contributed by atoms with Crippen LogP contribution in [0.25, 0.3) is 0 Å². The van der Waals surface area contributed by atoms with E-state index in [1.165, 1.54) is 5.56 Å². The van der Waals surface area contributed by atoms with Gasteiger partial charge in [-0.05, 0) is 31.0 Å². The molecule has 2 aromatic rings. The number of hydrogen-bond acceptors (Lipinski definition) is 3. The minimum absolute atomic E-state index is 0.0687. The zero-order valence-corrected chi connectivity index (χ0v) is 14.1. The molecular formula is C20H24N2O2. The van der Waals surface area contributed by atoms with Gasteiger partial charge >= 0.3 is 0 Å². The van der Waals surface area contributed by atoms with Gasteiger partial charge in [0.1, 0.15) is 0 Å². The first-order valence-electron chi connectivity index (χ1n) is 8.43. The number of anilines is 1. The first-order chi connectivity index (χ1) is 11.8. The van der Waals surface area contributed by atoms with Gasteiger partial charge in [0.15, 0.2) is 0 Å². The zero-order chi connectivity index (χ0) is 16.8. The summed E-state index contributed by atoms with van der Waals surface area (Å²) in [4.78, 5) is 15.0. The number of rotatable bonds is 6. The second-order valence-electron chi connectivity index (χ2n) is 6.19. The number of ether oxygens (including phenoxy) is 1. The Bertz CT molecular complexity index is 672. The maximum absolute atomic E-state index is 12.8. The van der Waals surface area contributed by atoms with Gasteiger partial charge < -0.3 is 10.1 Å². The standard InChI is InChI=1S/C20H24N2O2/c1-24-15-17-10-5-6-11-18(17)21-20(23)19-12-7-13-22(19)14-16-8-3-2-4-9-16/h2-6,8-11,19H,7,12-15H2,1H3,(H,21,23)/t19-/m0/s1. The highest BCUT2D eigenvalue weighted by Crippen LogP contribution is 2.23. The molecule has 1 N–H and O–H groups in total. The Labute approximate surface area is 143 Å². The third-order valence-electron chi connectivity index (χ3n) is 4.47. The number of amides is 1. The van der Waals surface area contributed by atoms with E-state index in [9.17, 15) is 4.79 Å². The van der Waals surface area contributed by atoms with Gasteiger partial charge in [0.25, 0.3) is 0 Å². The Hall–Kier alpha value is -2.17. The molecule has 4 nitrogen and oxygen atoms in total. The van der Waals surface area contributed by atoms with Crippen LogP contribution in [0, 0.1) is 0 Å². The average molecular weight is 324 g/mol. The first kappa shape index (κ1) is 16.7. The lowest BCUT2D eigenvalue weighted by Crippen LogP contribution is -2.39. The van der Waals surface area contributed by atoms with Crippen LogP contribution in [0.5, 0.6) is 0 Å². The molecule has 0 radical (unpaired) electrons. The van der Waals surface area contributed by atoms with Gasteiger partial charge in [-0.25, -0.2) is 0 Å². The van der Waals surface area contributed by atoms with Gasteiger partial charge in [-0.2, -0.15) is 0 Å². The van der Waals surface area contributed by atoms with Gasteiger partial charge in [0, 0.05) is 24.9 Å². The topological polar surface area (TPSA) is 41.6 Å². The van der Waals surface area contributed by atoms with E-state index in [-0.39, 0.29) is 11.9 Å².